The minimum Gasteiger partial charge on any atom is -0.465 e. The molecule has 0 saturated heterocycles. The summed E-state index contributed by atoms with van der Waals surface area (Å²) in [6.07, 6.45) is 0.387. The molecule has 0 fully saturated rings. The van der Waals surface area contributed by atoms with E-state index in [1.54, 1.807) is 25.1 Å². The molecule has 0 saturated carbocycles. The number of rotatable bonds is 4. The van der Waals surface area contributed by atoms with Crippen LogP contribution in [0, 0.1) is 10.1 Å². The summed E-state index contributed by atoms with van der Waals surface area (Å²) in [6.45, 7) is 1.73. The van der Waals surface area contributed by atoms with Crippen molar-refractivity contribution >= 4 is 5.97 Å². The van der Waals surface area contributed by atoms with Crippen LogP contribution in [0.3, 0.4) is 0 Å². The van der Waals surface area contributed by atoms with Crippen LogP contribution in [0.4, 0.5) is 0 Å². The molecule has 0 aliphatic heterocycles. The van der Waals surface area contributed by atoms with Crippen molar-refractivity contribution in [1.29, 1.82) is 0 Å². The fourth-order valence-electron chi connectivity index (χ4n) is 1.50. The highest BCUT2D eigenvalue weighted by atomic mass is 16.6. The Bertz CT molecular complexity index is 403. The van der Waals surface area contributed by atoms with Crippen LogP contribution in [-0.4, -0.2) is 18.0 Å². The molecular formula is C11H13NO4. The molecule has 1 unspecified atom stereocenters. The number of nitro groups is 1. The zero-order chi connectivity index (χ0) is 12.1. The van der Waals surface area contributed by atoms with E-state index in [0.29, 0.717) is 17.5 Å². The van der Waals surface area contributed by atoms with Crippen LogP contribution in [0.5, 0.6) is 0 Å². The molecule has 0 N–H and O–H groups in total. The third kappa shape index (κ3) is 2.56. The minimum atomic E-state index is -0.774. The summed E-state index contributed by atoms with van der Waals surface area (Å²) >= 11 is 0. The van der Waals surface area contributed by atoms with Crippen molar-refractivity contribution in [1.82, 2.24) is 0 Å². The van der Waals surface area contributed by atoms with Gasteiger partial charge in [0.05, 0.1) is 12.7 Å². The zero-order valence-corrected chi connectivity index (χ0v) is 9.17. The molecule has 0 heterocycles. The van der Waals surface area contributed by atoms with E-state index in [1.165, 1.54) is 13.2 Å². The molecule has 1 aromatic rings. The Morgan fingerprint density at radius 2 is 2.25 bits per heavy atom. The summed E-state index contributed by atoms with van der Waals surface area (Å²) in [4.78, 5) is 21.7. The first-order valence-electron chi connectivity index (χ1n) is 4.92. The monoisotopic (exact) mass is 223 g/mol. The smallest absolute Gasteiger partial charge is 0.337 e. The first-order valence-corrected chi connectivity index (χ1v) is 4.92. The van der Waals surface area contributed by atoms with Crippen molar-refractivity contribution in [2.45, 2.75) is 19.4 Å². The number of hydrogen-bond donors (Lipinski definition) is 0. The number of nitrogens with zero attached hydrogens (tertiary/aromatic N) is 1. The summed E-state index contributed by atoms with van der Waals surface area (Å²) in [7, 11) is 1.28. The Morgan fingerprint density at radius 1 is 1.56 bits per heavy atom. The van der Waals surface area contributed by atoms with Crippen molar-refractivity contribution in [3.05, 3.63) is 45.5 Å². The number of esters is 1. The van der Waals surface area contributed by atoms with Gasteiger partial charge in [-0.1, -0.05) is 19.1 Å². The van der Waals surface area contributed by atoms with Crippen LogP contribution < -0.4 is 0 Å². The average molecular weight is 223 g/mol. The fraction of sp³-hybridized carbons (Fsp3) is 0.364. The molecule has 0 radical (unpaired) electrons. The van der Waals surface area contributed by atoms with Gasteiger partial charge in [-0.05, 0) is 12.1 Å². The van der Waals surface area contributed by atoms with E-state index in [4.69, 9.17) is 0 Å². The first kappa shape index (κ1) is 12.2. The van der Waals surface area contributed by atoms with Crippen molar-refractivity contribution in [3.63, 3.8) is 0 Å². The van der Waals surface area contributed by atoms with Gasteiger partial charge in [0.2, 0.25) is 6.04 Å². The van der Waals surface area contributed by atoms with Crippen molar-refractivity contribution < 1.29 is 14.5 Å². The van der Waals surface area contributed by atoms with Crippen LogP contribution in [0.2, 0.25) is 0 Å². The van der Waals surface area contributed by atoms with E-state index in [1.807, 2.05) is 0 Å². The highest BCUT2D eigenvalue weighted by Crippen LogP contribution is 2.21. The minimum absolute atomic E-state index is 0.334. The number of methoxy groups -OCH3 is 1. The van der Waals surface area contributed by atoms with E-state index in [9.17, 15) is 14.9 Å². The van der Waals surface area contributed by atoms with Gasteiger partial charge in [0.15, 0.2) is 0 Å². The largest absolute Gasteiger partial charge is 0.465 e. The predicted octanol–water partition coefficient (Wildman–Crippen LogP) is 2.20. The molecule has 86 valence electrons. The number of carbonyl (C=O) groups is 1. The van der Waals surface area contributed by atoms with Crippen LogP contribution in [0.25, 0.3) is 0 Å². The van der Waals surface area contributed by atoms with Gasteiger partial charge in [-0.15, -0.1) is 0 Å². The SMILES string of the molecule is CCC(c1cccc(C(=O)OC)c1)[N+](=O)[O-]. The van der Waals surface area contributed by atoms with Gasteiger partial charge in [-0.3, -0.25) is 10.1 Å². The van der Waals surface area contributed by atoms with Gasteiger partial charge in [0.1, 0.15) is 0 Å². The lowest BCUT2D eigenvalue weighted by Gasteiger charge is -2.08. The van der Waals surface area contributed by atoms with Gasteiger partial charge in [0, 0.05) is 16.9 Å². The Morgan fingerprint density at radius 3 is 2.75 bits per heavy atom. The second kappa shape index (κ2) is 5.25. The molecule has 1 atom stereocenters. The highest BCUT2D eigenvalue weighted by Gasteiger charge is 2.21. The lowest BCUT2D eigenvalue weighted by atomic mass is 10.0. The molecule has 16 heavy (non-hydrogen) atoms. The molecule has 1 rings (SSSR count). The molecule has 0 spiro atoms. The molecular weight excluding hydrogens is 210 g/mol. The lowest BCUT2D eigenvalue weighted by Crippen LogP contribution is -2.10. The van der Waals surface area contributed by atoms with Crippen LogP contribution in [0.1, 0.15) is 35.3 Å². The van der Waals surface area contributed by atoms with Crippen LogP contribution >= 0.6 is 0 Å². The van der Waals surface area contributed by atoms with Gasteiger partial charge >= 0.3 is 5.97 Å². The maximum absolute atomic E-state index is 11.3. The molecule has 0 amide bonds. The number of carbonyl (C=O) groups excluding carboxylic acids is 1. The molecule has 0 aliphatic rings. The summed E-state index contributed by atoms with van der Waals surface area (Å²) in [5, 5.41) is 10.8. The summed E-state index contributed by atoms with van der Waals surface area (Å²) < 4.78 is 4.56. The van der Waals surface area contributed by atoms with Gasteiger partial charge < -0.3 is 4.74 Å². The average Bonchev–Trinajstić information content (AvgIpc) is 2.29. The highest BCUT2D eigenvalue weighted by molar-refractivity contribution is 5.89. The Labute approximate surface area is 93.2 Å². The summed E-state index contributed by atoms with van der Waals surface area (Å²) in [6, 6.07) is 5.56. The molecule has 0 aromatic heterocycles. The number of hydrogen-bond acceptors (Lipinski definition) is 4. The van der Waals surface area contributed by atoms with Crippen LogP contribution in [0.15, 0.2) is 24.3 Å². The summed E-state index contributed by atoms with van der Waals surface area (Å²) in [5.41, 5.74) is 0.857. The second-order valence-electron chi connectivity index (χ2n) is 3.33. The van der Waals surface area contributed by atoms with Crippen molar-refractivity contribution in [2.24, 2.45) is 0 Å². The molecule has 0 aliphatic carbocycles. The lowest BCUT2D eigenvalue weighted by molar-refractivity contribution is -0.529. The first-order chi connectivity index (χ1) is 7.60. The third-order valence-corrected chi connectivity index (χ3v) is 2.33. The van der Waals surface area contributed by atoms with Crippen LogP contribution in [-0.2, 0) is 4.74 Å². The number of benzene rings is 1. The maximum Gasteiger partial charge on any atom is 0.337 e. The zero-order valence-electron chi connectivity index (χ0n) is 9.17. The Balaban J connectivity index is 3.06. The molecule has 5 nitrogen and oxygen atoms in total. The third-order valence-electron chi connectivity index (χ3n) is 2.33. The van der Waals surface area contributed by atoms with E-state index in [-0.39, 0.29) is 4.92 Å². The van der Waals surface area contributed by atoms with Crippen molar-refractivity contribution in [3.8, 4) is 0 Å². The Hall–Kier alpha value is -1.91. The van der Waals surface area contributed by atoms with Gasteiger partial charge in [0.25, 0.3) is 0 Å². The number of ether oxygens (including phenoxy) is 1. The molecule has 1 aromatic carbocycles. The van der Waals surface area contributed by atoms with E-state index >= 15 is 0 Å². The topological polar surface area (TPSA) is 69.4 Å². The van der Waals surface area contributed by atoms with E-state index in [0.717, 1.165) is 0 Å². The van der Waals surface area contributed by atoms with Crippen molar-refractivity contribution in [2.75, 3.05) is 7.11 Å². The predicted molar refractivity (Wildman–Crippen MR) is 57.8 cm³/mol. The fourth-order valence-corrected chi connectivity index (χ4v) is 1.50. The van der Waals surface area contributed by atoms with Gasteiger partial charge in [-0.25, -0.2) is 4.79 Å². The van der Waals surface area contributed by atoms with E-state index < -0.39 is 12.0 Å². The second-order valence-corrected chi connectivity index (χ2v) is 3.33. The quantitative estimate of drug-likeness (QED) is 0.445. The normalized spacial score (nSPS) is 11.9. The standard InChI is InChI=1S/C11H13NO4/c1-3-10(12(14)15)8-5-4-6-9(7-8)11(13)16-2/h4-7,10H,3H2,1-2H3. The maximum atomic E-state index is 11.3. The molecule has 0 bridgehead atoms. The van der Waals surface area contributed by atoms with E-state index in [2.05, 4.69) is 4.74 Å². The van der Waals surface area contributed by atoms with Gasteiger partial charge in [-0.2, -0.15) is 0 Å². The Kier molecular flexibility index (Phi) is 3.99. The molecule has 5 heteroatoms. The summed E-state index contributed by atoms with van der Waals surface area (Å²) in [5.74, 6) is -0.486.